The van der Waals surface area contributed by atoms with Gasteiger partial charge in [-0.25, -0.2) is 0 Å². The first kappa shape index (κ1) is 8.94. The zero-order valence-corrected chi connectivity index (χ0v) is 8.43. The highest BCUT2D eigenvalue weighted by molar-refractivity contribution is 7.80. The molecule has 2 N–H and O–H groups in total. The predicted molar refractivity (Wildman–Crippen MR) is 51.6 cm³/mol. The maximum atomic E-state index is 5.23. The maximum Gasteiger partial charge on any atom is 0.0969 e. The van der Waals surface area contributed by atoms with Crippen molar-refractivity contribution in [1.29, 1.82) is 0 Å². The summed E-state index contributed by atoms with van der Waals surface area (Å²) in [7, 11) is 0. The van der Waals surface area contributed by atoms with Crippen LogP contribution in [0.1, 0.15) is 34.1 Å². The van der Waals surface area contributed by atoms with E-state index in [4.69, 9.17) is 12.2 Å². The van der Waals surface area contributed by atoms with Crippen molar-refractivity contribution < 1.29 is 0 Å². The van der Waals surface area contributed by atoms with Crippen molar-refractivity contribution in [2.75, 3.05) is 0 Å². The summed E-state index contributed by atoms with van der Waals surface area (Å²) in [6.45, 7) is 8.47. The summed E-state index contributed by atoms with van der Waals surface area (Å²) in [5.74, 6) is 0. The van der Waals surface area contributed by atoms with E-state index in [0.29, 0.717) is 0 Å². The van der Waals surface area contributed by atoms with E-state index >= 15 is 0 Å². The van der Waals surface area contributed by atoms with Gasteiger partial charge in [-0.1, -0.05) is 19.1 Å². The maximum absolute atomic E-state index is 5.23. The molecule has 0 aromatic carbocycles. The van der Waals surface area contributed by atoms with Crippen LogP contribution in [-0.2, 0) is 0 Å². The van der Waals surface area contributed by atoms with Crippen molar-refractivity contribution in [2.24, 2.45) is 0 Å². The fourth-order valence-corrected chi connectivity index (χ4v) is 1.90. The third-order valence-corrected chi connectivity index (χ3v) is 2.78. The van der Waals surface area contributed by atoms with E-state index in [2.05, 4.69) is 38.3 Å². The van der Waals surface area contributed by atoms with Gasteiger partial charge in [-0.05, 0) is 27.2 Å². The molecular formula is C8H16N2S. The molecule has 1 atom stereocenters. The van der Waals surface area contributed by atoms with E-state index in [1.807, 2.05) is 0 Å². The Labute approximate surface area is 73.7 Å². The van der Waals surface area contributed by atoms with E-state index in [-0.39, 0.29) is 11.2 Å². The van der Waals surface area contributed by atoms with Crippen LogP contribution in [0.5, 0.6) is 0 Å². The second kappa shape index (κ2) is 2.42. The lowest BCUT2D eigenvalue weighted by atomic mass is 10.0. The minimum atomic E-state index is -0.0398. The predicted octanol–water partition coefficient (Wildman–Crippen LogP) is 1.41. The van der Waals surface area contributed by atoms with Crippen molar-refractivity contribution in [3.63, 3.8) is 0 Å². The Morgan fingerprint density at radius 1 is 1.36 bits per heavy atom. The number of thiocarbonyl (C=S) groups is 1. The lowest BCUT2D eigenvalue weighted by molar-refractivity contribution is 0.340. The molecule has 3 heteroatoms. The van der Waals surface area contributed by atoms with Gasteiger partial charge in [0.15, 0.2) is 0 Å². The van der Waals surface area contributed by atoms with Gasteiger partial charge in [0.05, 0.1) is 16.2 Å². The molecule has 1 rings (SSSR count). The number of hydrogen-bond acceptors (Lipinski definition) is 2. The van der Waals surface area contributed by atoms with Crippen LogP contribution in [0.25, 0.3) is 0 Å². The van der Waals surface area contributed by atoms with Crippen LogP contribution in [0.4, 0.5) is 0 Å². The van der Waals surface area contributed by atoms with E-state index in [1.165, 1.54) is 0 Å². The van der Waals surface area contributed by atoms with Gasteiger partial charge in [-0.2, -0.15) is 0 Å². The molecule has 0 aliphatic carbocycles. The summed E-state index contributed by atoms with van der Waals surface area (Å²) >= 11 is 5.23. The summed E-state index contributed by atoms with van der Waals surface area (Å²) in [6.07, 6.45) is 1.03. The highest BCUT2D eigenvalue weighted by Crippen LogP contribution is 2.21. The normalized spacial score (nSPS) is 35.5. The van der Waals surface area contributed by atoms with Crippen LogP contribution in [0.3, 0.4) is 0 Å². The van der Waals surface area contributed by atoms with E-state index < -0.39 is 0 Å². The summed E-state index contributed by atoms with van der Waals surface area (Å²) < 4.78 is 0. The zero-order valence-electron chi connectivity index (χ0n) is 7.62. The lowest BCUT2D eigenvalue weighted by Crippen LogP contribution is -2.48. The Balaban J connectivity index is 2.82. The monoisotopic (exact) mass is 172 g/mol. The van der Waals surface area contributed by atoms with Gasteiger partial charge in [-0.15, -0.1) is 0 Å². The van der Waals surface area contributed by atoms with Crippen molar-refractivity contribution in [3.05, 3.63) is 0 Å². The minimum Gasteiger partial charge on any atom is -0.361 e. The van der Waals surface area contributed by atoms with Gasteiger partial charge in [0.2, 0.25) is 0 Å². The molecule has 64 valence electrons. The molecule has 1 saturated heterocycles. The van der Waals surface area contributed by atoms with Gasteiger partial charge in [0.1, 0.15) is 0 Å². The average molecular weight is 172 g/mol. The molecule has 11 heavy (non-hydrogen) atoms. The zero-order chi connectivity index (χ0) is 8.70. The SMILES string of the molecule is CCC1(C)NC(C)(C)NC1=S. The summed E-state index contributed by atoms with van der Waals surface area (Å²) in [4.78, 5) is 0.935. The number of rotatable bonds is 1. The molecule has 0 bridgehead atoms. The Hall–Kier alpha value is -0.150. The summed E-state index contributed by atoms with van der Waals surface area (Å²) in [5, 5.41) is 6.71. The topological polar surface area (TPSA) is 24.1 Å². The van der Waals surface area contributed by atoms with Crippen molar-refractivity contribution >= 4 is 17.2 Å². The third-order valence-electron chi connectivity index (χ3n) is 2.22. The largest absolute Gasteiger partial charge is 0.361 e. The molecule has 0 saturated carbocycles. The molecule has 0 radical (unpaired) electrons. The molecule has 1 aliphatic heterocycles. The van der Waals surface area contributed by atoms with Crippen molar-refractivity contribution in [2.45, 2.75) is 45.3 Å². The Morgan fingerprint density at radius 3 is 2.09 bits per heavy atom. The standard InChI is InChI=1S/C8H16N2S/c1-5-8(4)6(11)9-7(2,3)10-8/h10H,5H2,1-4H3,(H,9,11). The first-order valence-electron chi connectivity index (χ1n) is 4.01. The van der Waals surface area contributed by atoms with E-state index in [0.717, 1.165) is 11.4 Å². The van der Waals surface area contributed by atoms with Gasteiger partial charge in [0.25, 0.3) is 0 Å². The second-order valence-electron chi connectivity index (χ2n) is 3.89. The Bertz CT molecular complexity index is 189. The van der Waals surface area contributed by atoms with Crippen LogP contribution in [0.15, 0.2) is 0 Å². The molecular weight excluding hydrogens is 156 g/mol. The third kappa shape index (κ3) is 1.54. The van der Waals surface area contributed by atoms with Crippen LogP contribution in [-0.4, -0.2) is 16.2 Å². The van der Waals surface area contributed by atoms with Crippen LogP contribution >= 0.6 is 12.2 Å². The first-order valence-corrected chi connectivity index (χ1v) is 4.42. The quantitative estimate of drug-likeness (QED) is 0.585. The number of hydrogen-bond donors (Lipinski definition) is 2. The molecule has 2 nitrogen and oxygen atoms in total. The van der Waals surface area contributed by atoms with Gasteiger partial charge in [-0.3, -0.25) is 5.32 Å². The van der Waals surface area contributed by atoms with Crippen LogP contribution < -0.4 is 10.6 Å². The minimum absolute atomic E-state index is 0.00116. The van der Waals surface area contributed by atoms with E-state index in [9.17, 15) is 0 Å². The first-order chi connectivity index (χ1) is 4.90. The van der Waals surface area contributed by atoms with Gasteiger partial charge >= 0.3 is 0 Å². The average Bonchev–Trinajstić information content (AvgIpc) is 2.03. The Morgan fingerprint density at radius 2 is 1.91 bits per heavy atom. The number of nitrogens with one attached hydrogen (secondary N) is 2. The fourth-order valence-electron chi connectivity index (χ4n) is 1.45. The highest BCUT2D eigenvalue weighted by atomic mass is 32.1. The van der Waals surface area contributed by atoms with Gasteiger partial charge < -0.3 is 5.32 Å². The molecule has 1 aliphatic rings. The van der Waals surface area contributed by atoms with Crippen molar-refractivity contribution in [1.82, 2.24) is 10.6 Å². The molecule has 1 heterocycles. The summed E-state index contributed by atoms with van der Waals surface area (Å²) in [5.41, 5.74) is -0.0410. The molecule has 1 fully saturated rings. The Kier molecular flexibility index (Phi) is 1.97. The molecule has 0 aromatic rings. The fraction of sp³-hybridized carbons (Fsp3) is 0.875. The smallest absolute Gasteiger partial charge is 0.0969 e. The van der Waals surface area contributed by atoms with Crippen LogP contribution in [0, 0.1) is 0 Å². The highest BCUT2D eigenvalue weighted by Gasteiger charge is 2.41. The lowest BCUT2D eigenvalue weighted by Gasteiger charge is -2.24. The molecule has 0 amide bonds. The molecule has 0 spiro atoms. The van der Waals surface area contributed by atoms with Crippen LogP contribution in [0.2, 0.25) is 0 Å². The molecule has 0 aromatic heterocycles. The van der Waals surface area contributed by atoms with E-state index in [1.54, 1.807) is 0 Å². The summed E-state index contributed by atoms with van der Waals surface area (Å²) in [6, 6.07) is 0. The second-order valence-corrected chi connectivity index (χ2v) is 4.30. The van der Waals surface area contributed by atoms with Gasteiger partial charge in [0, 0.05) is 0 Å². The van der Waals surface area contributed by atoms with Crippen molar-refractivity contribution in [3.8, 4) is 0 Å². The molecule has 1 unspecified atom stereocenters.